The number of pyridine rings is 1. The fourth-order valence-electron chi connectivity index (χ4n) is 1.55. The van der Waals surface area contributed by atoms with Crippen LogP contribution in [0.5, 0.6) is 5.88 Å². The van der Waals surface area contributed by atoms with Gasteiger partial charge >= 0.3 is 0 Å². The summed E-state index contributed by atoms with van der Waals surface area (Å²) >= 11 is 0. The first-order valence-corrected chi connectivity index (χ1v) is 4.56. The first-order chi connectivity index (χ1) is 6.86. The SMILES string of the molecule is COc1cccc2cnc(CCN)n12. The van der Waals surface area contributed by atoms with Crippen molar-refractivity contribution in [1.29, 1.82) is 0 Å². The zero-order chi connectivity index (χ0) is 9.97. The molecule has 0 fully saturated rings. The number of fused-ring (bicyclic) bond motifs is 1. The molecule has 2 N–H and O–H groups in total. The van der Waals surface area contributed by atoms with Crippen molar-refractivity contribution < 1.29 is 4.74 Å². The van der Waals surface area contributed by atoms with Crippen LogP contribution in [0.2, 0.25) is 0 Å². The van der Waals surface area contributed by atoms with Gasteiger partial charge in [-0.1, -0.05) is 6.07 Å². The van der Waals surface area contributed by atoms with E-state index in [1.165, 1.54) is 0 Å². The van der Waals surface area contributed by atoms with Crippen LogP contribution >= 0.6 is 0 Å². The Hall–Kier alpha value is -1.55. The smallest absolute Gasteiger partial charge is 0.199 e. The molecule has 74 valence electrons. The normalized spacial score (nSPS) is 10.7. The van der Waals surface area contributed by atoms with Gasteiger partial charge in [-0.25, -0.2) is 4.98 Å². The fourth-order valence-corrected chi connectivity index (χ4v) is 1.55. The Morgan fingerprint density at radius 2 is 2.36 bits per heavy atom. The summed E-state index contributed by atoms with van der Waals surface area (Å²) in [6.07, 6.45) is 2.59. The van der Waals surface area contributed by atoms with Crippen LogP contribution in [0, 0.1) is 0 Å². The van der Waals surface area contributed by atoms with Crippen LogP contribution in [-0.4, -0.2) is 23.0 Å². The summed E-state index contributed by atoms with van der Waals surface area (Å²) in [7, 11) is 1.65. The summed E-state index contributed by atoms with van der Waals surface area (Å²) in [6.45, 7) is 0.594. The largest absolute Gasteiger partial charge is 0.482 e. The molecule has 0 saturated heterocycles. The van der Waals surface area contributed by atoms with Gasteiger partial charge in [0.25, 0.3) is 0 Å². The van der Waals surface area contributed by atoms with E-state index in [2.05, 4.69) is 4.98 Å². The van der Waals surface area contributed by atoms with Crippen molar-refractivity contribution in [2.75, 3.05) is 13.7 Å². The zero-order valence-corrected chi connectivity index (χ0v) is 8.10. The number of imidazole rings is 1. The average molecular weight is 191 g/mol. The van der Waals surface area contributed by atoms with E-state index in [1.54, 1.807) is 7.11 Å². The lowest BCUT2D eigenvalue weighted by atomic mass is 10.4. The Labute approximate surface area is 82.3 Å². The van der Waals surface area contributed by atoms with Crippen molar-refractivity contribution in [1.82, 2.24) is 9.38 Å². The van der Waals surface area contributed by atoms with Gasteiger partial charge in [0.05, 0.1) is 18.8 Å². The zero-order valence-electron chi connectivity index (χ0n) is 8.10. The van der Waals surface area contributed by atoms with Gasteiger partial charge < -0.3 is 10.5 Å². The van der Waals surface area contributed by atoms with Gasteiger partial charge in [-0.05, 0) is 18.7 Å². The van der Waals surface area contributed by atoms with E-state index in [0.29, 0.717) is 6.54 Å². The molecule has 0 aliphatic carbocycles. The van der Waals surface area contributed by atoms with Crippen LogP contribution in [0.3, 0.4) is 0 Å². The number of hydrogen-bond donors (Lipinski definition) is 1. The quantitative estimate of drug-likeness (QED) is 0.782. The van der Waals surface area contributed by atoms with Crippen LogP contribution in [0.25, 0.3) is 5.52 Å². The third-order valence-electron chi connectivity index (χ3n) is 2.17. The molecule has 2 heterocycles. The third kappa shape index (κ3) is 1.33. The van der Waals surface area contributed by atoms with E-state index < -0.39 is 0 Å². The van der Waals surface area contributed by atoms with E-state index >= 15 is 0 Å². The lowest BCUT2D eigenvalue weighted by molar-refractivity contribution is 0.390. The topological polar surface area (TPSA) is 52.5 Å². The molecule has 4 nitrogen and oxygen atoms in total. The Kier molecular flexibility index (Phi) is 2.37. The minimum Gasteiger partial charge on any atom is -0.482 e. The molecular formula is C10H13N3O. The lowest BCUT2D eigenvalue weighted by Gasteiger charge is -2.06. The molecule has 0 spiro atoms. The van der Waals surface area contributed by atoms with Crippen molar-refractivity contribution in [3.8, 4) is 5.88 Å². The highest BCUT2D eigenvalue weighted by atomic mass is 16.5. The molecule has 2 aromatic heterocycles. The number of methoxy groups -OCH3 is 1. The Morgan fingerprint density at radius 3 is 3.07 bits per heavy atom. The molecule has 0 unspecified atom stereocenters. The summed E-state index contributed by atoms with van der Waals surface area (Å²) < 4.78 is 7.23. The van der Waals surface area contributed by atoms with Gasteiger partial charge in [-0.2, -0.15) is 0 Å². The van der Waals surface area contributed by atoms with E-state index in [1.807, 2.05) is 28.8 Å². The summed E-state index contributed by atoms with van der Waals surface area (Å²) in [4.78, 5) is 4.30. The maximum absolute atomic E-state index is 5.51. The van der Waals surface area contributed by atoms with Crippen LogP contribution in [0.4, 0.5) is 0 Å². The van der Waals surface area contributed by atoms with E-state index in [-0.39, 0.29) is 0 Å². The molecule has 0 aliphatic heterocycles. The van der Waals surface area contributed by atoms with E-state index in [0.717, 1.165) is 23.6 Å². The summed E-state index contributed by atoms with van der Waals surface area (Å²) in [5.74, 6) is 1.74. The van der Waals surface area contributed by atoms with Gasteiger partial charge in [0.1, 0.15) is 5.82 Å². The maximum atomic E-state index is 5.51. The highest BCUT2D eigenvalue weighted by Crippen LogP contribution is 2.16. The van der Waals surface area contributed by atoms with Crippen molar-refractivity contribution in [3.63, 3.8) is 0 Å². The van der Waals surface area contributed by atoms with E-state index in [9.17, 15) is 0 Å². The average Bonchev–Trinajstić information content (AvgIpc) is 2.62. The van der Waals surface area contributed by atoms with Gasteiger partial charge in [-0.3, -0.25) is 4.40 Å². The number of aromatic nitrogens is 2. The molecule has 0 aliphatic rings. The third-order valence-corrected chi connectivity index (χ3v) is 2.17. The Bertz CT molecular complexity index is 436. The van der Waals surface area contributed by atoms with Crippen LogP contribution < -0.4 is 10.5 Å². The molecule has 0 amide bonds. The first kappa shape index (κ1) is 9.02. The van der Waals surface area contributed by atoms with Crippen LogP contribution in [0.15, 0.2) is 24.4 Å². The summed E-state index contributed by atoms with van der Waals surface area (Å²) in [6, 6.07) is 5.85. The molecule has 0 atom stereocenters. The predicted octanol–water partition coefficient (Wildman–Crippen LogP) is 0.844. The van der Waals surface area contributed by atoms with Gasteiger partial charge in [0.15, 0.2) is 5.88 Å². The highest BCUT2D eigenvalue weighted by molar-refractivity contribution is 5.49. The monoisotopic (exact) mass is 191 g/mol. The molecule has 0 radical (unpaired) electrons. The highest BCUT2D eigenvalue weighted by Gasteiger charge is 2.06. The predicted molar refractivity (Wildman–Crippen MR) is 54.5 cm³/mol. The molecule has 4 heteroatoms. The molecule has 2 rings (SSSR count). The second-order valence-electron chi connectivity index (χ2n) is 3.04. The number of ether oxygens (including phenoxy) is 1. The molecule has 0 saturated carbocycles. The number of rotatable bonds is 3. The Balaban J connectivity index is 2.62. The molecular weight excluding hydrogens is 178 g/mol. The van der Waals surface area contributed by atoms with Crippen LogP contribution in [0.1, 0.15) is 5.82 Å². The molecule has 0 bridgehead atoms. The van der Waals surface area contributed by atoms with Gasteiger partial charge in [0, 0.05) is 6.42 Å². The maximum Gasteiger partial charge on any atom is 0.199 e. The van der Waals surface area contributed by atoms with Crippen molar-refractivity contribution in [2.24, 2.45) is 5.73 Å². The van der Waals surface area contributed by atoms with Crippen molar-refractivity contribution in [2.45, 2.75) is 6.42 Å². The second-order valence-corrected chi connectivity index (χ2v) is 3.04. The van der Waals surface area contributed by atoms with E-state index in [4.69, 9.17) is 10.5 Å². The van der Waals surface area contributed by atoms with Crippen molar-refractivity contribution in [3.05, 3.63) is 30.2 Å². The minimum absolute atomic E-state index is 0.594. The van der Waals surface area contributed by atoms with Gasteiger partial charge in [-0.15, -0.1) is 0 Å². The second kappa shape index (κ2) is 3.67. The lowest BCUT2D eigenvalue weighted by Crippen LogP contribution is -2.07. The summed E-state index contributed by atoms with van der Waals surface area (Å²) in [5, 5.41) is 0. The minimum atomic E-state index is 0.594. The van der Waals surface area contributed by atoms with Crippen LogP contribution in [-0.2, 0) is 6.42 Å². The number of hydrogen-bond acceptors (Lipinski definition) is 3. The molecule has 2 aromatic rings. The van der Waals surface area contributed by atoms with Crippen molar-refractivity contribution >= 4 is 5.52 Å². The molecule has 14 heavy (non-hydrogen) atoms. The number of nitrogens with zero attached hydrogens (tertiary/aromatic N) is 2. The first-order valence-electron chi connectivity index (χ1n) is 4.56. The molecule has 0 aromatic carbocycles. The van der Waals surface area contributed by atoms with Gasteiger partial charge in [0.2, 0.25) is 0 Å². The summed E-state index contributed by atoms with van der Waals surface area (Å²) in [5.41, 5.74) is 6.54. The standard InChI is InChI=1S/C10H13N3O/c1-14-10-4-2-3-8-7-12-9(5-6-11)13(8)10/h2-4,7H,5-6,11H2,1H3. The Morgan fingerprint density at radius 1 is 1.50 bits per heavy atom. The fraction of sp³-hybridized carbons (Fsp3) is 0.300. The number of nitrogens with two attached hydrogens (primary N) is 1.